The second-order valence-electron chi connectivity index (χ2n) is 3.89. The SMILES string of the molecule is NCC1CC(Oc2nccnc2C(N)=O)C1. The smallest absolute Gasteiger partial charge is 0.272 e. The Hall–Kier alpha value is -1.69. The molecule has 0 bridgehead atoms. The highest BCUT2D eigenvalue weighted by atomic mass is 16.5. The Bertz CT molecular complexity index is 390. The number of amides is 1. The lowest BCUT2D eigenvalue weighted by atomic mass is 9.82. The molecule has 1 aromatic heterocycles. The summed E-state index contributed by atoms with van der Waals surface area (Å²) in [5.74, 6) is 0.104. The van der Waals surface area contributed by atoms with Crippen LogP contribution >= 0.6 is 0 Å². The molecule has 0 aliphatic heterocycles. The van der Waals surface area contributed by atoms with Crippen LogP contribution in [-0.4, -0.2) is 28.5 Å². The molecule has 1 aromatic rings. The predicted molar refractivity (Wildman–Crippen MR) is 56.7 cm³/mol. The molecule has 1 amide bonds. The van der Waals surface area contributed by atoms with Crippen molar-refractivity contribution < 1.29 is 9.53 Å². The Morgan fingerprint density at radius 2 is 2.12 bits per heavy atom. The van der Waals surface area contributed by atoms with Gasteiger partial charge in [-0.3, -0.25) is 4.79 Å². The van der Waals surface area contributed by atoms with Crippen LogP contribution in [0, 0.1) is 5.92 Å². The van der Waals surface area contributed by atoms with Gasteiger partial charge in [-0.25, -0.2) is 9.97 Å². The molecule has 1 heterocycles. The Kier molecular flexibility index (Phi) is 3.00. The van der Waals surface area contributed by atoms with E-state index >= 15 is 0 Å². The lowest BCUT2D eigenvalue weighted by Gasteiger charge is -2.34. The summed E-state index contributed by atoms with van der Waals surface area (Å²) in [4.78, 5) is 18.8. The van der Waals surface area contributed by atoms with Gasteiger partial charge in [-0.2, -0.15) is 0 Å². The first kappa shape index (κ1) is 10.8. The van der Waals surface area contributed by atoms with Gasteiger partial charge >= 0.3 is 0 Å². The van der Waals surface area contributed by atoms with Gasteiger partial charge in [0.15, 0.2) is 5.69 Å². The van der Waals surface area contributed by atoms with Crippen molar-refractivity contribution >= 4 is 5.91 Å². The van der Waals surface area contributed by atoms with Crippen molar-refractivity contribution in [1.29, 1.82) is 0 Å². The molecule has 4 N–H and O–H groups in total. The van der Waals surface area contributed by atoms with E-state index in [1.807, 2.05) is 0 Å². The highest BCUT2D eigenvalue weighted by Crippen LogP contribution is 2.30. The average Bonchev–Trinajstić information content (AvgIpc) is 2.23. The zero-order chi connectivity index (χ0) is 11.5. The molecule has 1 aliphatic rings. The fourth-order valence-electron chi connectivity index (χ4n) is 1.70. The van der Waals surface area contributed by atoms with E-state index in [9.17, 15) is 4.79 Å². The molecule has 0 saturated heterocycles. The van der Waals surface area contributed by atoms with Gasteiger partial charge in [-0.05, 0) is 25.3 Å². The van der Waals surface area contributed by atoms with Gasteiger partial charge in [0.25, 0.3) is 5.91 Å². The maximum absolute atomic E-state index is 11.0. The van der Waals surface area contributed by atoms with Crippen molar-refractivity contribution in [3.8, 4) is 5.88 Å². The van der Waals surface area contributed by atoms with Crippen LogP contribution in [0.5, 0.6) is 5.88 Å². The van der Waals surface area contributed by atoms with Crippen LogP contribution in [0.2, 0.25) is 0 Å². The van der Waals surface area contributed by atoms with Crippen molar-refractivity contribution in [3.63, 3.8) is 0 Å². The number of aromatic nitrogens is 2. The molecule has 0 atom stereocenters. The monoisotopic (exact) mass is 222 g/mol. The second kappa shape index (κ2) is 4.44. The van der Waals surface area contributed by atoms with Gasteiger partial charge in [0.05, 0.1) is 0 Å². The predicted octanol–water partition coefficient (Wildman–Crippen LogP) is -0.308. The summed E-state index contributed by atoms with van der Waals surface area (Å²) in [7, 11) is 0. The molecule has 6 nitrogen and oxygen atoms in total. The molecular weight excluding hydrogens is 208 g/mol. The van der Waals surface area contributed by atoms with Crippen LogP contribution in [0.15, 0.2) is 12.4 Å². The quantitative estimate of drug-likeness (QED) is 0.727. The summed E-state index contributed by atoms with van der Waals surface area (Å²) >= 11 is 0. The molecule has 0 unspecified atom stereocenters. The fraction of sp³-hybridized carbons (Fsp3) is 0.500. The first-order valence-corrected chi connectivity index (χ1v) is 5.18. The van der Waals surface area contributed by atoms with E-state index in [0.29, 0.717) is 12.5 Å². The number of carbonyl (C=O) groups excluding carboxylic acids is 1. The molecule has 2 rings (SSSR count). The van der Waals surface area contributed by atoms with Gasteiger partial charge in [-0.15, -0.1) is 0 Å². The normalized spacial score (nSPS) is 23.6. The summed E-state index contributed by atoms with van der Waals surface area (Å²) in [6.45, 7) is 0.670. The van der Waals surface area contributed by atoms with E-state index in [4.69, 9.17) is 16.2 Å². The van der Waals surface area contributed by atoms with Gasteiger partial charge in [-0.1, -0.05) is 0 Å². The van der Waals surface area contributed by atoms with Crippen LogP contribution < -0.4 is 16.2 Å². The number of hydrogen-bond donors (Lipinski definition) is 2. The summed E-state index contributed by atoms with van der Waals surface area (Å²) < 4.78 is 5.54. The minimum atomic E-state index is -0.627. The Morgan fingerprint density at radius 3 is 2.75 bits per heavy atom. The van der Waals surface area contributed by atoms with E-state index in [-0.39, 0.29) is 17.7 Å². The lowest BCUT2D eigenvalue weighted by Crippen LogP contribution is -2.38. The maximum atomic E-state index is 11.0. The standard InChI is InChI=1S/C10H14N4O2/c11-5-6-3-7(4-6)16-10-8(9(12)15)13-1-2-14-10/h1-2,6-7H,3-5,11H2,(H2,12,15). The molecule has 16 heavy (non-hydrogen) atoms. The molecule has 1 aliphatic carbocycles. The van der Waals surface area contributed by atoms with Crippen molar-refractivity contribution in [2.45, 2.75) is 18.9 Å². The lowest BCUT2D eigenvalue weighted by molar-refractivity contribution is 0.0627. The van der Waals surface area contributed by atoms with Crippen LogP contribution in [0.3, 0.4) is 0 Å². The minimum absolute atomic E-state index is 0.0725. The summed E-state index contributed by atoms with van der Waals surface area (Å²) in [6, 6.07) is 0. The molecular formula is C10H14N4O2. The third-order valence-corrected chi connectivity index (χ3v) is 2.70. The third-order valence-electron chi connectivity index (χ3n) is 2.70. The van der Waals surface area contributed by atoms with Crippen LogP contribution in [0.4, 0.5) is 0 Å². The first-order valence-electron chi connectivity index (χ1n) is 5.18. The van der Waals surface area contributed by atoms with Crippen LogP contribution in [0.25, 0.3) is 0 Å². The van der Waals surface area contributed by atoms with E-state index in [2.05, 4.69) is 9.97 Å². The number of nitrogens with two attached hydrogens (primary N) is 2. The first-order chi connectivity index (χ1) is 7.70. The maximum Gasteiger partial charge on any atom is 0.272 e. The number of nitrogens with zero attached hydrogens (tertiary/aromatic N) is 2. The molecule has 0 radical (unpaired) electrons. The topological polar surface area (TPSA) is 104 Å². The molecule has 0 spiro atoms. The van der Waals surface area contributed by atoms with Crippen LogP contribution in [0.1, 0.15) is 23.3 Å². The molecule has 86 valence electrons. The number of carbonyl (C=O) groups is 1. The van der Waals surface area contributed by atoms with Gasteiger partial charge in [0.1, 0.15) is 6.10 Å². The Labute approximate surface area is 93.0 Å². The number of rotatable bonds is 4. The van der Waals surface area contributed by atoms with Gasteiger partial charge in [0, 0.05) is 12.4 Å². The number of hydrogen-bond acceptors (Lipinski definition) is 5. The van der Waals surface area contributed by atoms with Gasteiger partial charge in [0.2, 0.25) is 5.88 Å². The Morgan fingerprint density at radius 1 is 1.44 bits per heavy atom. The van der Waals surface area contributed by atoms with Crippen molar-refractivity contribution in [2.75, 3.05) is 6.54 Å². The molecule has 0 aromatic carbocycles. The second-order valence-corrected chi connectivity index (χ2v) is 3.89. The summed E-state index contributed by atoms with van der Waals surface area (Å²) in [6.07, 6.45) is 4.75. The average molecular weight is 222 g/mol. The van der Waals surface area contributed by atoms with E-state index in [0.717, 1.165) is 12.8 Å². The highest BCUT2D eigenvalue weighted by Gasteiger charge is 2.31. The van der Waals surface area contributed by atoms with Crippen molar-refractivity contribution in [3.05, 3.63) is 18.1 Å². The van der Waals surface area contributed by atoms with Crippen molar-refractivity contribution in [2.24, 2.45) is 17.4 Å². The number of ether oxygens (including phenoxy) is 1. The fourth-order valence-corrected chi connectivity index (χ4v) is 1.70. The minimum Gasteiger partial charge on any atom is -0.473 e. The highest BCUT2D eigenvalue weighted by molar-refractivity contribution is 5.92. The molecule has 6 heteroatoms. The van der Waals surface area contributed by atoms with Gasteiger partial charge < -0.3 is 16.2 Å². The zero-order valence-electron chi connectivity index (χ0n) is 8.80. The largest absolute Gasteiger partial charge is 0.473 e. The zero-order valence-corrected chi connectivity index (χ0v) is 8.80. The summed E-state index contributed by atoms with van der Waals surface area (Å²) in [5.41, 5.74) is 10.8. The van der Waals surface area contributed by atoms with Crippen molar-refractivity contribution in [1.82, 2.24) is 9.97 Å². The van der Waals surface area contributed by atoms with Crippen LogP contribution in [-0.2, 0) is 0 Å². The Balaban J connectivity index is 2.02. The molecule has 1 saturated carbocycles. The third kappa shape index (κ3) is 2.11. The van der Waals surface area contributed by atoms with E-state index in [1.54, 1.807) is 0 Å². The van der Waals surface area contributed by atoms with E-state index in [1.165, 1.54) is 12.4 Å². The van der Waals surface area contributed by atoms with E-state index < -0.39 is 5.91 Å². The molecule has 1 fully saturated rings. The number of primary amides is 1. The summed E-state index contributed by atoms with van der Waals surface area (Å²) in [5, 5.41) is 0.